The Morgan fingerprint density at radius 2 is 2.30 bits per heavy atom. The highest BCUT2D eigenvalue weighted by molar-refractivity contribution is 5.89. The maximum atomic E-state index is 12.6. The van der Waals surface area contributed by atoms with E-state index < -0.39 is 18.2 Å². The van der Waals surface area contributed by atoms with Gasteiger partial charge in [0.15, 0.2) is 6.10 Å². The lowest BCUT2D eigenvalue weighted by Gasteiger charge is -2.32. The first-order valence-electron chi connectivity index (χ1n) is 5.85. The number of carbonyl (C=O) groups is 1. The first kappa shape index (κ1) is 14.7. The van der Waals surface area contributed by atoms with Crippen molar-refractivity contribution in [3.8, 4) is 0 Å². The fourth-order valence-electron chi connectivity index (χ4n) is 1.76. The van der Waals surface area contributed by atoms with Gasteiger partial charge in [-0.3, -0.25) is 9.69 Å². The van der Waals surface area contributed by atoms with Crippen LogP contribution in [0.25, 0.3) is 0 Å². The van der Waals surface area contributed by atoms with Gasteiger partial charge in [-0.15, -0.1) is 0 Å². The van der Waals surface area contributed by atoms with Crippen LogP contribution < -0.4 is 5.32 Å². The molecule has 1 saturated heterocycles. The number of nitrogens with one attached hydrogen (secondary N) is 1. The Balaban J connectivity index is 1.96. The average Bonchev–Trinajstić information content (AvgIpc) is 2.85. The molecule has 1 fully saturated rings. The summed E-state index contributed by atoms with van der Waals surface area (Å²) in [4.78, 5) is 16.5. The molecule has 1 N–H and O–H groups in total. The van der Waals surface area contributed by atoms with Crippen LogP contribution in [-0.4, -0.2) is 60.0 Å². The van der Waals surface area contributed by atoms with E-state index in [9.17, 15) is 18.0 Å². The van der Waals surface area contributed by atoms with E-state index in [1.807, 2.05) is 0 Å². The summed E-state index contributed by atoms with van der Waals surface area (Å²) in [5, 5.41) is 5.76. The van der Waals surface area contributed by atoms with Crippen molar-refractivity contribution in [2.24, 2.45) is 0 Å². The first-order chi connectivity index (χ1) is 9.40. The number of nitrogens with zero attached hydrogens (tertiary/aromatic N) is 3. The number of halogens is 3. The smallest absolute Gasteiger partial charge is 0.366 e. The molecular weight excluding hydrogens is 281 g/mol. The molecule has 0 aliphatic carbocycles. The maximum Gasteiger partial charge on any atom is 0.415 e. The summed E-state index contributed by atoms with van der Waals surface area (Å²) in [6.07, 6.45) is -6.22. The lowest BCUT2D eigenvalue weighted by atomic mass is 10.2. The minimum absolute atomic E-state index is 0.0272. The van der Waals surface area contributed by atoms with Gasteiger partial charge in [-0.05, 0) is 0 Å². The molecule has 20 heavy (non-hydrogen) atoms. The molecule has 1 aliphatic heterocycles. The van der Waals surface area contributed by atoms with Crippen molar-refractivity contribution in [3.63, 3.8) is 0 Å². The number of hydrogen-bond acceptors (Lipinski definition) is 6. The predicted octanol–water partition coefficient (Wildman–Crippen LogP) is 0.192. The van der Waals surface area contributed by atoms with Crippen molar-refractivity contribution >= 4 is 5.91 Å². The molecule has 112 valence electrons. The van der Waals surface area contributed by atoms with E-state index in [-0.39, 0.29) is 31.4 Å². The second kappa shape index (κ2) is 5.75. The molecule has 1 aromatic rings. The lowest BCUT2D eigenvalue weighted by molar-refractivity contribution is -0.238. The van der Waals surface area contributed by atoms with E-state index in [0.717, 1.165) is 0 Å². The molecule has 1 amide bonds. The second-order valence-corrected chi connectivity index (χ2v) is 4.23. The Labute approximate surface area is 112 Å². The van der Waals surface area contributed by atoms with Gasteiger partial charge in [0.2, 0.25) is 5.89 Å². The molecule has 2 heterocycles. The topological polar surface area (TPSA) is 80.5 Å². The van der Waals surface area contributed by atoms with Crippen molar-refractivity contribution in [1.82, 2.24) is 20.4 Å². The zero-order valence-corrected chi connectivity index (χ0v) is 10.6. The molecular formula is C10H13F3N4O3. The van der Waals surface area contributed by atoms with Crippen molar-refractivity contribution in [1.29, 1.82) is 0 Å². The summed E-state index contributed by atoms with van der Waals surface area (Å²) in [6, 6.07) is 0. The zero-order valence-electron chi connectivity index (χ0n) is 10.6. The normalized spacial score (nSPS) is 20.9. The highest BCUT2D eigenvalue weighted by atomic mass is 19.4. The predicted molar refractivity (Wildman–Crippen MR) is 58.8 cm³/mol. The molecule has 0 radical (unpaired) electrons. The van der Waals surface area contributed by atoms with Crippen LogP contribution in [0, 0.1) is 0 Å². The maximum absolute atomic E-state index is 12.6. The third-order valence-corrected chi connectivity index (χ3v) is 2.77. The third kappa shape index (κ3) is 3.45. The van der Waals surface area contributed by atoms with E-state index >= 15 is 0 Å². The summed E-state index contributed by atoms with van der Waals surface area (Å²) in [5.41, 5.74) is 0. The molecule has 0 bridgehead atoms. The van der Waals surface area contributed by atoms with E-state index in [2.05, 4.69) is 20.2 Å². The van der Waals surface area contributed by atoms with Gasteiger partial charge in [0.05, 0.1) is 13.2 Å². The Kier molecular flexibility index (Phi) is 4.23. The first-order valence-corrected chi connectivity index (χ1v) is 5.85. The van der Waals surface area contributed by atoms with Crippen LogP contribution in [-0.2, 0) is 11.3 Å². The minimum atomic E-state index is -4.40. The summed E-state index contributed by atoms with van der Waals surface area (Å²) in [5.74, 6) is -0.579. The van der Waals surface area contributed by atoms with E-state index in [4.69, 9.17) is 4.52 Å². The highest BCUT2D eigenvalue weighted by Crippen LogP contribution is 2.26. The molecule has 2 rings (SSSR count). The number of ether oxygens (including phenoxy) is 1. The number of morpholine rings is 1. The Bertz CT molecular complexity index is 477. The minimum Gasteiger partial charge on any atom is -0.366 e. The van der Waals surface area contributed by atoms with Crippen LogP contribution in [0.15, 0.2) is 4.52 Å². The van der Waals surface area contributed by atoms with Gasteiger partial charge in [-0.1, -0.05) is 5.16 Å². The van der Waals surface area contributed by atoms with Crippen LogP contribution in [0.4, 0.5) is 13.2 Å². The standard InChI is InChI=1S/C10H13F3N4O3/c1-14-9(18)8-15-7(20-16-8)5-17-2-3-19-6(4-17)10(11,12)13/h6H,2-5H2,1H3,(H,14,18)/t6-/m0/s1. The molecule has 7 nitrogen and oxygen atoms in total. The van der Waals surface area contributed by atoms with Gasteiger partial charge in [0.1, 0.15) is 0 Å². The molecule has 0 aromatic carbocycles. The second-order valence-electron chi connectivity index (χ2n) is 4.23. The van der Waals surface area contributed by atoms with Crippen LogP contribution in [0.2, 0.25) is 0 Å². The van der Waals surface area contributed by atoms with Gasteiger partial charge in [0.25, 0.3) is 11.7 Å². The molecule has 1 aromatic heterocycles. The molecule has 10 heteroatoms. The number of hydrogen-bond donors (Lipinski definition) is 1. The summed E-state index contributed by atoms with van der Waals surface area (Å²) in [7, 11) is 1.41. The molecule has 1 aliphatic rings. The van der Waals surface area contributed by atoms with Crippen molar-refractivity contribution in [2.45, 2.75) is 18.8 Å². The number of aromatic nitrogens is 2. The molecule has 0 saturated carbocycles. The highest BCUT2D eigenvalue weighted by Gasteiger charge is 2.43. The summed E-state index contributed by atoms with van der Waals surface area (Å²) >= 11 is 0. The van der Waals surface area contributed by atoms with Gasteiger partial charge >= 0.3 is 6.18 Å². The molecule has 0 spiro atoms. The Morgan fingerprint density at radius 3 is 2.95 bits per heavy atom. The van der Waals surface area contributed by atoms with Crippen molar-refractivity contribution < 1.29 is 27.2 Å². The van der Waals surface area contributed by atoms with Crippen molar-refractivity contribution in [3.05, 3.63) is 11.7 Å². The largest absolute Gasteiger partial charge is 0.415 e. The third-order valence-electron chi connectivity index (χ3n) is 2.77. The van der Waals surface area contributed by atoms with Gasteiger partial charge in [-0.25, -0.2) is 0 Å². The fourth-order valence-corrected chi connectivity index (χ4v) is 1.76. The average molecular weight is 294 g/mol. The molecule has 0 unspecified atom stereocenters. The van der Waals surface area contributed by atoms with Gasteiger partial charge in [-0.2, -0.15) is 18.2 Å². The number of carbonyl (C=O) groups excluding carboxylic acids is 1. The quantitative estimate of drug-likeness (QED) is 0.857. The van der Waals surface area contributed by atoms with E-state index in [0.29, 0.717) is 6.54 Å². The Morgan fingerprint density at radius 1 is 1.55 bits per heavy atom. The van der Waals surface area contributed by atoms with Gasteiger partial charge < -0.3 is 14.6 Å². The number of rotatable bonds is 3. The van der Waals surface area contributed by atoms with E-state index in [1.165, 1.54) is 11.9 Å². The van der Waals surface area contributed by atoms with Crippen LogP contribution >= 0.6 is 0 Å². The fraction of sp³-hybridized carbons (Fsp3) is 0.700. The van der Waals surface area contributed by atoms with Crippen LogP contribution in [0.1, 0.15) is 16.5 Å². The summed E-state index contributed by atoms with van der Waals surface area (Å²) in [6.45, 7) is 0.0337. The number of alkyl halides is 3. The monoisotopic (exact) mass is 294 g/mol. The Hall–Kier alpha value is -1.68. The zero-order chi connectivity index (χ0) is 14.8. The SMILES string of the molecule is CNC(=O)c1noc(CN2CCO[C@H](C(F)(F)F)C2)n1. The van der Waals surface area contributed by atoms with E-state index in [1.54, 1.807) is 0 Å². The van der Waals surface area contributed by atoms with Crippen LogP contribution in [0.5, 0.6) is 0 Å². The molecule has 1 atom stereocenters. The van der Waals surface area contributed by atoms with Gasteiger partial charge in [0, 0.05) is 20.1 Å². The van der Waals surface area contributed by atoms with Crippen LogP contribution in [0.3, 0.4) is 0 Å². The number of amides is 1. The lowest BCUT2D eigenvalue weighted by Crippen LogP contribution is -2.48. The summed E-state index contributed by atoms with van der Waals surface area (Å²) < 4.78 is 47.2. The van der Waals surface area contributed by atoms with Crippen molar-refractivity contribution in [2.75, 3.05) is 26.7 Å².